The van der Waals surface area contributed by atoms with Crippen molar-refractivity contribution in [1.82, 2.24) is 10.8 Å². The molecule has 1 aliphatic rings. The Morgan fingerprint density at radius 3 is 2.00 bits per heavy atom. The highest BCUT2D eigenvalue weighted by molar-refractivity contribution is 6.35. The van der Waals surface area contributed by atoms with Gasteiger partial charge in [-0.25, -0.2) is 0 Å². The van der Waals surface area contributed by atoms with Crippen molar-refractivity contribution >= 4 is 7.41 Å². The molecule has 0 aromatic rings. The smallest absolute Gasteiger partial charge is 0.241 e. The van der Waals surface area contributed by atoms with Gasteiger partial charge in [0.15, 0.2) is 0 Å². The van der Waals surface area contributed by atoms with Gasteiger partial charge >= 0.3 is 0 Å². The normalized spacial score (nSPS) is 22.0. The molecule has 1 rings (SSSR count). The highest BCUT2D eigenvalue weighted by Crippen LogP contribution is 1.52. The van der Waals surface area contributed by atoms with Crippen LogP contribution < -0.4 is 10.8 Å². The lowest BCUT2D eigenvalue weighted by Gasteiger charge is -2.11. The van der Waals surface area contributed by atoms with E-state index in [4.69, 9.17) is 0 Å². The highest BCUT2D eigenvalue weighted by Gasteiger charge is 1.94. The second-order valence-corrected chi connectivity index (χ2v) is 0.729. The van der Waals surface area contributed by atoms with Gasteiger partial charge in [0.2, 0.25) is 7.41 Å². The fourth-order valence-electron chi connectivity index (χ4n) is 0.102. The fraction of sp³-hybridized carbons (Fsp3) is 1.00. The molecule has 1 heterocycles. The molecule has 2 N–H and O–H groups in total. The summed E-state index contributed by atoms with van der Waals surface area (Å²) >= 11 is 0. The Balaban J connectivity index is 2.00. The van der Waals surface area contributed by atoms with Crippen molar-refractivity contribution in [2.75, 3.05) is 6.44 Å². The first-order valence-corrected chi connectivity index (χ1v) is 1.30. The summed E-state index contributed by atoms with van der Waals surface area (Å²) in [6, 6.07) is 0. The lowest BCUT2D eigenvalue weighted by atomic mass is 9.93. The lowest BCUT2D eigenvalue weighted by molar-refractivity contribution is 0.682. The van der Waals surface area contributed by atoms with Gasteiger partial charge in [-0.3, -0.25) is 5.43 Å². The van der Waals surface area contributed by atoms with Gasteiger partial charge < -0.3 is 5.34 Å². The molecule has 1 aliphatic heterocycles. The van der Waals surface area contributed by atoms with Crippen LogP contribution in [-0.4, -0.2) is 13.9 Å². The second-order valence-electron chi connectivity index (χ2n) is 0.729. The monoisotopic (exact) mass is 55.0 g/mol. The first-order valence-electron chi connectivity index (χ1n) is 1.30. The van der Waals surface area contributed by atoms with Crippen molar-refractivity contribution < 1.29 is 0 Å². The maximum absolute atomic E-state index is 2.81. The Morgan fingerprint density at radius 1 is 1.75 bits per heavy atom. The first-order chi connectivity index (χ1) is 2.00. The van der Waals surface area contributed by atoms with Crippen LogP contribution in [0.2, 0.25) is 0 Å². The van der Waals surface area contributed by atoms with Gasteiger partial charge in [-0.05, 0) is 6.44 Å². The minimum Gasteiger partial charge on any atom is -0.302 e. The third kappa shape index (κ3) is 0.121. The average molecular weight is 54.9 g/mol. The van der Waals surface area contributed by atoms with Crippen LogP contribution in [-0.2, 0) is 0 Å². The molecule has 1 saturated heterocycles. The van der Waals surface area contributed by atoms with Crippen molar-refractivity contribution in [1.29, 1.82) is 0 Å². The minimum atomic E-state index is 1.01. The molecule has 21 valence electrons. The summed E-state index contributed by atoms with van der Waals surface area (Å²) in [6.07, 6.45) is 1.01. The molecule has 0 spiro atoms. The molecule has 0 aromatic carbocycles. The summed E-state index contributed by atoms with van der Waals surface area (Å²) < 4.78 is 0. The first kappa shape index (κ1) is 2.24. The largest absolute Gasteiger partial charge is 0.302 e. The van der Waals surface area contributed by atoms with Gasteiger partial charge in [0.05, 0.1) is 0 Å². The van der Waals surface area contributed by atoms with Gasteiger partial charge in [-0.1, -0.05) is 0 Å². The predicted octanol–water partition coefficient (Wildman–Crippen LogP) is -1.33. The molecule has 0 unspecified atom stereocenters. The van der Waals surface area contributed by atoms with Crippen LogP contribution in [0.25, 0.3) is 0 Å². The second kappa shape index (κ2) is 0.741. The van der Waals surface area contributed by atoms with E-state index in [1.54, 1.807) is 0 Å². The zero-order chi connectivity index (χ0) is 2.83. The zero-order valence-electron chi connectivity index (χ0n) is 2.28. The number of hydrogen-bond acceptors (Lipinski definition) is 2. The summed E-state index contributed by atoms with van der Waals surface area (Å²) in [5, 5.41) is 2.74. The highest BCUT2D eigenvalue weighted by atomic mass is 15.4. The molecule has 4 heavy (non-hydrogen) atoms. The number of rotatable bonds is 0. The Morgan fingerprint density at radius 2 is 2.00 bits per heavy atom. The molecule has 0 amide bonds. The van der Waals surface area contributed by atoms with Crippen LogP contribution in [0.4, 0.5) is 0 Å². The van der Waals surface area contributed by atoms with Gasteiger partial charge in [-0.15, -0.1) is 0 Å². The zero-order valence-corrected chi connectivity index (χ0v) is 2.28. The van der Waals surface area contributed by atoms with Gasteiger partial charge in [-0.2, -0.15) is 0 Å². The van der Waals surface area contributed by atoms with E-state index in [0.29, 0.717) is 0 Å². The lowest BCUT2D eigenvalue weighted by Crippen LogP contribution is -2.52. The van der Waals surface area contributed by atoms with Gasteiger partial charge in [0.1, 0.15) is 0 Å². The molecule has 2 nitrogen and oxygen atoms in total. The van der Waals surface area contributed by atoms with Crippen LogP contribution in [0.15, 0.2) is 0 Å². The average Bonchev–Trinajstić information content (AvgIpc) is 0.722. The molecule has 0 atom stereocenters. The number of hydrazine groups is 1. The maximum Gasteiger partial charge on any atom is 0.241 e. The Bertz CT molecular complexity index is 14.0. The SMILES string of the molecule is [B]1CNN1. The quantitative estimate of drug-likeness (QED) is 0.335. The van der Waals surface area contributed by atoms with Crippen LogP contribution in [0.1, 0.15) is 0 Å². The topological polar surface area (TPSA) is 24.1 Å². The van der Waals surface area contributed by atoms with E-state index in [1.807, 2.05) is 7.41 Å². The molecule has 0 aliphatic carbocycles. The van der Waals surface area contributed by atoms with Crippen molar-refractivity contribution in [2.45, 2.75) is 0 Å². The van der Waals surface area contributed by atoms with E-state index in [2.05, 4.69) is 10.8 Å². The van der Waals surface area contributed by atoms with E-state index in [1.165, 1.54) is 0 Å². The summed E-state index contributed by atoms with van der Waals surface area (Å²) in [6.45, 7) is 0. The minimum absolute atomic E-state index is 1.01. The molecule has 3 heteroatoms. The van der Waals surface area contributed by atoms with Crippen LogP contribution in [0.3, 0.4) is 0 Å². The maximum atomic E-state index is 2.81. The Labute approximate surface area is 25.8 Å². The molecular formula is CH4BN2. The van der Waals surface area contributed by atoms with Crippen molar-refractivity contribution in [3.05, 3.63) is 0 Å². The summed E-state index contributed by atoms with van der Waals surface area (Å²) in [7, 11) is 1.94. The molecule has 0 aromatic heterocycles. The number of nitrogens with one attached hydrogen (secondary N) is 2. The standard InChI is InChI=1S/CH4BN2/c1-2-4-3-1/h3-4H,1H2. The Kier molecular flexibility index (Phi) is 0.414. The molecule has 1 fully saturated rings. The van der Waals surface area contributed by atoms with Gasteiger partial charge in [0, 0.05) is 0 Å². The third-order valence-corrected chi connectivity index (χ3v) is 0.408. The molecule has 1 radical (unpaired) electrons. The van der Waals surface area contributed by atoms with E-state index in [9.17, 15) is 0 Å². The third-order valence-electron chi connectivity index (χ3n) is 0.408. The fourth-order valence-corrected chi connectivity index (χ4v) is 0.102. The van der Waals surface area contributed by atoms with Crippen molar-refractivity contribution in [3.8, 4) is 0 Å². The van der Waals surface area contributed by atoms with E-state index >= 15 is 0 Å². The number of hydrogen-bond donors (Lipinski definition) is 2. The summed E-state index contributed by atoms with van der Waals surface area (Å²) in [5.41, 5.74) is 2.81. The van der Waals surface area contributed by atoms with Gasteiger partial charge in [0.25, 0.3) is 0 Å². The van der Waals surface area contributed by atoms with E-state index in [0.717, 1.165) is 6.44 Å². The summed E-state index contributed by atoms with van der Waals surface area (Å²) in [4.78, 5) is 0. The van der Waals surface area contributed by atoms with Crippen LogP contribution >= 0.6 is 0 Å². The predicted molar refractivity (Wildman–Crippen MR) is 16.9 cm³/mol. The molecule has 0 saturated carbocycles. The van der Waals surface area contributed by atoms with E-state index < -0.39 is 0 Å². The van der Waals surface area contributed by atoms with Crippen LogP contribution in [0.5, 0.6) is 0 Å². The summed E-state index contributed by atoms with van der Waals surface area (Å²) in [5.74, 6) is 0. The van der Waals surface area contributed by atoms with Crippen LogP contribution in [0, 0.1) is 0 Å². The van der Waals surface area contributed by atoms with Crippen molar-refractivity contribution in [2.24, 2.45) is 0 Å². The Hall–Kier alpha value is -0.0151. The van der Waals surface area contributed by atoms with E-state index in [-0.39, 0.29) is 0 Å². The van der Waals surface area contributed by atoms with Crippen molar-refractivity contribution in [3.63, 3.8) is 0 Å². The molecule has 0 bridgehead atoms. The molecular weight excluding hydrogens is 50.8 g/mol.